The Morgan fingerprint density at radius 2 is 1.70 bits per heavy atom. The van der Waals surface area contributed by atoms with Crippen molar-refractivity contribution in [3.63, 3.8) is 0 Å². The number of Topliss-reactive ketones (excluding diaryl/α,β-unsaturated/α-hetero) is 1. The molecule has 4 atom stereocenters. The number of likely N-dealkylation sites (tertiary alicyclic amines) is 1. The van der Waals surface area contributed by atoms with Gasteiger partial charge >= 0.3 is 0 Å². The first kappa shape index (κ1) is 29.3. The third-order valence-electron chi connectivity index (χ3n) is 9.30. The molecule has 9 nitrogen and oxygen atoms in total. The summed E-state index contributed by atoms with van der Waals surface area (Å²) in [5.41, 5.74) is 1.54. The zero-order valence-electron chi connectivity index (χ0n) is 23.4. The molecule has 2 heterocycles. The number of hydrogen-bond acceptors (Lipinski definition) is 5. The number of nitrogens with one attached hydrogen (secondary N) is 3. The largest absolute Gasteiger partial charge is 0.356 e. The average Bonchev–Trinajstić information content (AvgIpc) is 3.92. The Balaban J connectivity index is 0.000000174. The molecule has 1 aromatic carbocycles. The van der Waals surface area contributed by atoms with E-state index in [1.807, 2.05) is 18.2 Å². The Kier molecular flexibility index (Phi) is 8.67. The first-order chi connectivity index (χ1) is 19.2. The minimum atomic E-state index is -0.926. The van der Waals surface area contributed by atoms with Gasteiger partial charge in [0.05, 0.1) is 11.5 Å². The predicted molar refractivity (Wildman–Crippen MR) is 149 cm³/mol. The van der Waals surface area contributed by atoms with E-state index in [0.29, 0.717) is 30.7 Å². The number of rotatable bonds is 9. The van der Waals surface area contributed by atoms with Gasteiger partial charge in [-0.1, -0.05) is 44.2 Å². The SMILES string of the molecule is C#C.CC1(C)C2CN(C(=O)C3(c4ccccc4)CC3)C[C@H]21.O=CN[C@@H](C[C@@H]1CCNC1=O)C(=O)C(=O)NC1CC1. The van der Waals surface area contributed by atoms with Crippen LogP contribution in [0.1, 0.15) is 57.9 Å². The van der Waals surface area contributed by atoms with E-state index in [-0.39, 0.29) is 29.7 Å². The molecule has 1 aromatic rings. The number of nitrogens with zero attached hydrogens (tertiary/aromatic N) is 1. The second-order valence-electron chi connectivity index (χ2n) is 12.2. The van der Waals surface area contributed by atoms with Crippen LogP contribution in [0.5, 0.6) is 0 Å². The van der Waals surface area contributed by atoms with Gasteiger partial charge in [-0.3, -0.25) is 24.0 Å². The minimum absolute atomic E-state index is 0.0862. The number of hydrogen-bond donors (Lipinski definition) is 3. The van der Waals surface area contributed by atoms with Gasteiger partial charge in [0, 0.05) is 31.6 Å². The molecule has 0 spiro atoms. The Bertz CT molecular complexity index is 1140. The van der Waals surface area contributed by atoms with Gasteiger partial charge in [-0.05, 0) is 61.3 Å². The van der Waals surface area contributed by atoms with Crippen molar-refractivity contribution in [3.8, 4) is 12.8 Å². The molecule has 40 heavy (non-hydrogen) atoms. The van der Waals surface area contributed by atoms with E-state index < -0.39 is 17.7 Å². The topological polar surface area (TPSA) is 125 Å². The van der Waals surface area contributed by atoms with Crippen LogP contribution < -0.4 is 16.0 Å². The van der Waals surface area contributed by atoms with E-state index in [1.54, 1.807) is 0 Å². The predicted octanol–water partition coefficient (Wildman–Crippen LogP) is 1.56. The average molecular weight is 549 g/mol. The summed E-state index contributed by atoms with van der Waals surface area (Å²) in [6, 6.07) is 9.52. The Labute approximate surface area is 236 Å². The lowest BCUT2D eigenvalue weighted by Gasteiger charge is -2.27. The quantitative estimate of drug-likeness (QED) is 0.245. The molecule has 0 bridgehead atoms. The lowest BCUT2D eigenvalue weighted by Crippen LogP contribution is -2.46. The van der Waals surface area contributed by atoms with Gasteiger partial charge in [-0.15, -0.1) is 12.8 Å². The maximum Gasteiger partial charge on any atom is 0.289 e. The minimum Gasteiger partial charge on any atom is -0.356 e. The number of piperidine rings is 1. The smallest absolute Gasteiger partial charge is 0.289 e. The summed E-state index contributed by atoms with van der Waals surface area (Å²) in [7, 11) is 0. The molecule has 2 saturated heterocycles. The molecule has 214 valence electrons. The van der Waals surface area contributed by atoms with Crippen molar-refractivity contribution in [2.75, 3.05) is 19.6 Å². The van der Waals surface area contributed by atoms with E-state index in [4.69, 9.17) is 0 Å². The highest BCUT2D eigenvalue weighted by atomic mass is 16.2. The summed E-state index contributed by atoms with van der Waals surface area (Å²) in [6.45, 7) is 7.23. The summed E-state index contributed by atoms with van der Waals surface area (Å²) < 4.78 is 0. The molecule has 4 amide bonds. The van der Waals surface area contributed by atoms with Crippen LogP contribution in [0.2, 0.25) is 0 Å². The zero-order chi connectivity index (χ0) is 29.1. The molecule has 1 unspecified atom stereocenters. The molecular weight excluding hydrogens is 508 g/mol. The fraction of sp³-hybridized carbons (Fsp3) is 0.581. The number of fused-ring (bicyclic) bond motifs is 1. The van der Waals surface area contributed by atoms with Gasteiger partial charge in [0.2, 0.25) is 24.0 Å². The Hall–Kier alpha value is -3.67. The van der Waals surface area contributed by atoms with Gasteiger partial charge in [-0.25, -0.2) is 0 Å². The number of terminal acetylenes is 1. The maximum atomic E-state index is 12.8. The third-order valence-corrected chi connectivity index (χ3v) is 9.30. The summed E-state index contributed by atoms with van der Waals surface area (Å²) >= 11 is 0. The highest BCUT2D eigenvalue weighted by molar-refractivity contribution is 6.38. The van der Waals surface area contributed by atoms with Crippen LogP contribution in [-0.4, -0.2) is 66.5 Å². The fourth-order valence-corrected chi connectivity index (χ4v) is 6.24. The van der Waals surface area contributed by atoms with Crippen molar-refractivity contribution in [2.24, 2.45) is 23.2 Å². The van der Waals surface area contributed by atoms with Crippen LogP contribution in [0.3, 0.4) is 0 Å². The van der Waals surface area contributed by atoms with Crippen LogP contribution in [0.25, 0.3) is 0 Å². The van der Waals surface area contributed by atoms with Crippen molar-refractivity contribution in [1.29, 1.82) is 0 Å². The van der Waals surface area contributed by atoms with Crippen LogP contribution in [-0.2, 0) is 29.4 Å². The first-order valence-electron chi connectivity index (χ1n) is 14.2. The number of benzene rings is 1. The monoisotopic (exact) mass is 548 g/mol. The number of carbonyl (C=O) groups is 5. The van der Waals surface area contributed by atoms with Crippen LogP contribution in [0, 0.1) is 36.0 Å². The summed E-state index contributed by atoms with van der Waals surface area (Å²) in [5.74, 6) is 0.0786. The van der Waals surface area contributed by atoms with Gasteiger partial charge in [-0.2, -0.15) is 0 Å². The second kappa shape index (κ2) is 11.8. The highest BCUT2D eigenvalue weighted by Gasteiger charge is 2.65. The van der Waals surface area contributed by atoms with Crippen LogP contribution in [0.15, 0.2) is 30.3 Å². The molecule has 3 N–H and O–H groups in total. The lowest BCUT2D eigenvalue weighted by atomic mass is 9.94. The number of carbonyl (C=O) groups excluding carboxylic acids is 5. The number of ketones is 1. The number of amides is 4. The van der Waals surface area contributed by atoms with E-state index in [0.717, 1.165) is 50.6 Å². The molecule has 3 saturated carbocycles. The summed E-state index contributed by atoms with van der Waals surface area (Å²) in [4.78, 5) is 60.5. The normalized spacial score (nSPS) is 26.8. The van der Waals surface area contributed by atoms with Crippen molar-refractivity contribution < 1.29 is 24.0 Å². The highest BCUT2D eigenvalue weighted by Crippen LogP contribution is 2.63. The lowest BCUT2D eigenvalue weighted by molar-refractivity contribution is -0.140. The van der Waals surface area contributed by atoms with Gasteiger partial charge in [0.15, 0.2) is 0 Å². The van der Waals surface area contributed by atoms with Crippen molar-refractivity contribution in [1.82, 2.24) is 20.9 Å². The Morgan fingerprint density at radius 1 is 1.07 bits per heavy atom. The second-order valence-corrected chi connectivity index (χ2v) is 12.2. The van der Waals surface area contributed by atoms with E-state index in [2.05, 4.69) is 59.7 Å². The molecule has 0 aromatic heterocycles. The van der Waals surface area contributed by atoms with Crippen molar-refractivity contribution in [3.05, 3.63) is 35.9 Å². The molecular formula is C31H40N4O5. The van der Waals surface area contributed by atoms with Gasteiger partial charge in [0.25, 0.3) is 5.91 Å². The molecule has 6 rings (SSSR count). The van der Waals surface area contributed by atoms with Crippen molar-refractivity contribution in [2.45, 2.75) is 69.9 Å². The summed E-state index contributed by atoms with van der Waals surface area (Å²) in [6.07, 6.45) is 13.0. The fourth-order valence-electron chi connectivity index (χ4n) is 6.24. The van der Waals surface area contributed by atoms with Gasteiger partial charge < -0.3 is 20.9 Å². The summed E-state index contributed by atoms with van der Waals surface area (Å²) in [5, 5.41) is 7.58. The van der Waals surface area contributed by atoms with E-state index >= 15 is 0 Å². The molecule has 9 heteroatoms. The molecule has 0 radical (unpaired) electrons. The maximum absolute atomic E-state index is 12.8. The third kappa shape index (κ3) is 6.06. The molecule has 2 aliphatic heterocycles. The Morgan fingerprint density at radius 3 is 2.20 bits per heavy atom. The molecule has 5 aliphatic rings. The van der Waals surface area contributed by atoms with E-state index in [9.17, 15) is 24.0 Å². The van der Waals surface area contributed by atoms with Crippen molar-refractivity contribution >= 4 is 29.9 Å². The first-order valence-corrected chi connectivity index (χ1v) is 14.2. The van der Waals surface area contributed by atoms with Gasteiger partial charge in [0.1, 0.15) is 0 Å². The van der Waals surface area contributed by atoms with Crippen LogP contribution >= 0.6 is 0 Å². The molecule has 5 fully saturated rings. The zero-order valence-corrected chi connectivity index (χ0v) is 23.4. The standard InChI is InChI=1S/C17H21NO.C12H17N3O4.C2H2/c1-16(2)13-10-18(11-14(13)16)15(19)17(8-9-17)12-6-4-3-5-7-12;16-6-14-9(5-7-3-4-13-11(7)18)10(17)12(19)15-8-1-2-8;1-2/h3-7,13-14H,8-11H2,1-2H3;6-9H,1-5H2,(H,13,18)(H,14,16)(H,15,19);1-2H/t13-,14?;7-,9-;/m10./s1. The van der Waals surface area contributed by atoms with Crippen LogP contribution in [0.4, 0.5) is 0 Å². The molecule has 3 aliphatic carbocycles. The van der Waals surface area contributed by atoms with E-state index in [1.165, 1.54) is 5.56 Å².